The molecule has 4 N–H and O–H groups in total. The molecule has 2 aromatic heterocycles. The molecule has 42 heavy (non-hydrogen) atoms. The summed E-state index contributed by atoms with van der Waals surface area (Å²) in [5.74, 6) is -3.86. The Morgan fingerprint density at radius 2 is 2.00 bits per heavy atom. The molecular weight excluding hydrogens is 549 g/mol. The van der Waals surface area contributed by atoms with E-state index in [2.05, 4.69) is 15.1 Å². The van der Waals surface area contributed by atoms with E-state index in [1.54, 1.807) is 18.7 Å². The molecule has 1 unspecified atom stereocenters. The van der Waals surface area contributed by atoms with Crippen LogP contribution in [0.25, 0.3) is 22.3 Å². The molecule has 3 heterocycles. The number of nitrogens with zero attached hydrogens (tertiary/aromatic N) is 6. The lowest BCUT2D eigenvalue weighted by Gasteiger charge is -2.25. The number of ether oxygens (including phenoxy) is 1. The normalized spacial score (nSPS) is 15.7. The lowest BCUT2D eigenvalue weighted by atomic mass is 10.0. The quantitative estimate of drug-likeness (QED) is 0.242. The lowest BCUT2D eigenvalue weighted by molar-refractivity contribution is -0.127. The molecule has 0 spiro atoms. The summed E-state index contributed by atoms with van der Waals surface area (Å²) in [5, 5.41) is 14.5. The number of hydrogen-bond acceptors (Lipinski definition) is 8. The molecule has 4 aromatic rings. The van der Waals surface area contributed by atoms with Crippen LogP contribution in [0.1, 0.15) is 26.7 Å². The van der Waals surface area contributed by atoms with Crippen molar-refractivity contribution >= 4 is 22.8 Å². The standard InChI is InChI=1S/C29H27F3N8O2/c1-29(2,35)12-16(13-33)28(41)39-10-4-5-17(39)14-40-27-23(26(34)36-15-37-27)25(38-40)19-9-8-18(11-21(19)31)42-22-7-3-6-20(30)24(22)32/h3,6-9,11-12,15,17H,4-5,10,14,35H2,1-2H3,(H2,34,36,37)/b16-12+. The van der Waals surface area contributed by atoms with Crippen LogP contribution in [-0.4, -0.2) is 48.7 Å². The summed E-state index contributed by atoms with van der Waals surface area (Å²) in [5.41, 5.74) is 11.8. The number of halogens is 3. The molecule has 1 aliphatic heterocycles. The van der Waals surface area contributed by atoms with Crippen LogP contribution in [0.5, 0.6) is 11.5 Å². The maximum absolute atomic E-state index is 15.4. The second-order valence-corrected chi connectivity index (χ2v) is 10.6. The Labute approximate surface area is 239 Å². The van der Waals surface area contributed by atoms with Crippen molar-refractivity contribution in [3.05, 3.63) is 71.8 Å². The first-order chi connectivity index (χ1) is 20.0. The number of nitrogens with two attached hydrogens (primary N) is 2. The molecular formula is C29H27F3N8O2. The van der Waals surface area contributed by atoms with Gasteiger partial charge in [0, 0.05) is 23.7 Å². The number of aromatic nitrogens is 4. The average Bonchev–Trinajstić information content (AvgIpc) is 3.55. The molecule has 5 rings (SSSR count). The molecule has 0 bridgehead atoms. The van der Waals surface area contributed by atoms with Crippen LogP contribution < -0.4 is 16.2 Å². The molecule has 10 nitrogen and oxygen atoms in total. The van der Waals surface area contributed by atoms with Crippen molar-refractivity contribution in [2.45, 2.75) is 44.8 Å². The summed E-state index contributed by atoms with van der Waals surface area (Å²) in [6.07, 6.45) is 4.06. The van der Waals surface area contributed by atoms with E-state index in [0.717, 1.165) is 12.1 Å². The van der Waals surface area contributed by atoms with Gasteiger partial charge in [0.25, 0.3) is 5.91 Å². The number of rotatable bonds is 7. The third kappa shape index (κ3) is 5.61. The predicted molar refractivity (Wildman–Crippen MR) is 148 cm³/mol. The van der Waals surface area contributed by atoms with Gasteiger partial charge in [-0.3, -0.25) is 4.79 Å². The van der Waals surface area contributed by atoms with Gasteiger partial charge in [0.05, 0.1) is 18.0 Å². The summed E-state index contributed by atoms with van der Waals surface area (Å²) in [7, 11) is 0. The van der Waals surface area contributed by atoms with Crippen molar-refractivity contribution in [1.29, 1.82) is 5.26 Å². The monoisotopic (exact) mass is 576 g/mol. The van der Waals surface area contributed by atoms with Gasteiger partial charge in [-0.15, -0.1) is 0 Å². The Balaban J connectivity index is 1.48. The molecule has 1 aliphatic rings. The van der Waals surface area contributed by atoms with Crippen molar-refractivity contribution in [3.63, 3.8) is 0 Å². The molecule has 0 aliphatic carbocycles. The van der Waals surface area contributed by atoms with Gasteiger partial charge in [-0.1, -0.05) is 6.07 Å². The fraction of sp³-hybridized carbons (Fsp3) is 0.276. The molecule has 1 atom stereocenters. The fourth-order valence-electron chi connectivity index (χ4n) is 4.95. The highest BCUT2D eigenvalue weighted by Crippen LogP contribution is 2.35. The van der Waals surface area contributed by atoms with Gasteiger partial charge in [0.1, 0.15) is 41.0 Å². The van der Waals surface area contributed by atoms with Crippen LogP contribution in [0.2, 0.25) is 0 Å². The van der Waals surface area contributed by atoms with Gasteiger partial charge < -0.3 is 21.1 Å². The first-order valence-corrected chi connectivity index (χ1v) is 13.1. The van der Waals surface area contributed by atoms with Gasteiger partial charge in [-0.05, 0) is 57.0 Å². The summed E-state index contributed by atoms with van der Waals surface area (Å²) in [6.45, 7) is 4.03. The van der Waals surface area contributed by atoms with Crippen LogP contribution in [0, 0.1) is 28.8 Å². The van der Waals surface area contributed by atoms with Gasteiger partial charge in [0.2, 0.25) is 5.82 Å². The van der Waals surface area contributed by atoms with Crippen molar-refractivity contribution in [3.8, 4) is 28.8 Å². The van der Waals surface area contributed by atoms with E-state index >= 15 is 4.39 Å². The van der Waals surface area contributed by atoms with Gasteiger partial charge in [-0.2, -0.15) is 14.8 Å². The van der Waals surface area contributed by atoms with Crippen molar-refractivity contribution < 1.29 is 22.7 Å². The van der Waals surface area contributed by atoms with Gasteiger partial charge >= 0.3 is 0 Å². The number of nitrogen functional groups attached to an aromatic ring is 1. The number of benzene rings is 2. The maximum Gasteiger partial charge on any atom is 0.264 e. The number of hydrogen-bond donors (Lipinski definition) is 2. The zero-order chi connectivity index (χ0) is 30.2. The highest BCUT2D eigenvalue weighted by Gasteiger charge is 2.33. The summed E-state index contributed by atoms with van der Waals surface area (Å²) in [6, 6.07) is 8.86. The first-order valence-electron chi connectivity index (χ1n) is 13.1. The smallest absolute Gasteiger partial charge is 0.264 e. The van der Waals surface area contributed by atoms with Gasteiger partial charge in [0.15, 0.2) is 17.2 Å². The Bertz CT molecular complexity index is 1760. The minimum Gasteiger partial charge on any atom is -0.454 e. The van der Waals surface area contributed by atoms with E-state index < -0.39 is 34.6 Å². The summed E-state index contributed by atoms with van der Waals surface area (Å²) >= 11 is 0. The summed E-state index contributed by atoms with van der Waals surface area (Å²) < 4.78 is 50.0. The zero-order valence-electron chi connectivity index (χ0n) is 22.8. The molecule has 1 amide bonds. The van der Waals surface area contributed by atoms with Crippen LogP contribution in [0.4, 0.5) is 19.0 Å². The zero-order valence-corrected chi connectivity index (χ0v) is 22.8. The summed E-state index contributed by atoms with van der Waals surface area (Å²) in [4.78, 5) is 23.2. The van der Waals surface area contributed by atoms with E-state index in [0.29, 0.717) is 30.4 Å². The highest BCUT2D eigenvalue weighted by atomic mass is 19.2. The van der Waals surface area contributed by atoms with Crippen LogP contribution in [0.15, 0.2) is 54.4 Å². The number of fused-ring (bicyclic) bond motifs is 1. The number of nitriles is 1. The number of carbonyl (C=O) groups is 1. The Morgan fingerprint density at radius 3 is 2.71 bits per heavy atom. The predicted octanol–water partition coefficient (Wildman–Crippen LogP) is 4.46. The molecule has 216 valence electrons. The second-order valence-electron chi connectivity index (χ2n) is 10.6. The average molecular weight is 577 g/mol. The van der Waals surface area contributed by atoms with E-state index in [4.69, 9.17) is 16.2 Å². The SMILES string of the molecule is CC(C)(N)/C=C(\C#N)C(=O)N1CCCC1Cn1nc(-c2ccc(Oc3cccc(F)c3F)cc2F)c2c(N)ncnc21. The number of likely N-dealkylation sites (tertiary alicyclic amines) is 1. The fourth-order valence-corrected chi connectivity index (χ4v) is 4.95. The minimum atomic E-state index is -1.19. The third-order valence-electron chi connectivity index (χ3n) is 6.79. The lowest BCUT2D eigenvalue weighted by Crippen LogP contribution is -2.40. The Hall–Kier alpha value is -4.96. The van der Waals surface area contributed by atoms with Crippen LogP contribution >= 0.6 is 0 Å². The molecule has 0 saturated carbocycles. The maximum atomic E-state index is 15.4. The molecule has 1 saturated heterocycles. The number of amides is 1. The highest BCUT2D eigenvalue weighted by molar-refractivity contribution is 5.99. The van der Waals surface area contributed by atoms with E-state index in [9.17, 15) is 18.8 Å². The largest absolute Gasteiger partial charge is 0.454 e. The Morgan fingerprint density at radius 1 is 1.21 bits per heavy atom. The van der Waals surface area contributed by atoms with Crippen molar-refractivity contribution in [2.75, 3.05) is 12.3 Å². The molecule has 0 radical (unpaired) electrons. The minimum absolute atomic E-state index is 0.0468. The second kappa shape index (κ2) is 11.1. The van der Waals surface area contributed by atoms with Crippen LogP contribution in [-0.2, 0) is 11.3 Å². The Kier molecular flexibility index (Phi) is 7.57. The third-order valence-corrected chi connectivity index (χ3v) is 6.79. The van der Waals surface area contributed by atoms with E-state index in [1.165, 1.54) is 41.4 Å². The molecule has 1 fully saturated rings. The number of carbonyl (C=O) groups excluding carboxylic acids is 1. The number of anilines is 1. The first kappa shape index (κ1) is 28.6. The van der Waals surface area contributed by atoms with Crippen molar-refractivity contribution in [1.82, 2.24) is 24.6 Å². The molecule has 2 aromatic carbocycles. The van der Waals surface area contributed by atoms with E-state index in [1.807, 2.05) is 6.07 Å². The topological polar surface area (TPSA) is 149 Å². The van der Waals surface area contributed by atoms with Gasteiger partial charge in [-0.25, -0.2) is 23.4 Å². The van der Waals surface area contributed by atoms with E-state index in [-0.39, 0.29) is 41.0 Å². The molecule has 13 heteroatoms. The van der Waals surface area contributed by atoms with Crippen LogP contribution in [0.3, 0.4) is 0 Å². The van der Waals surface area contributed by atoms with Crippen molar-refractivity contribution in [2.24, 2.45) is 5.73 Å².